The van der Waals surface area contributed by atoms with Gasteiger partial charge in [0.2, 0.25) is 0 Å². The van der Waals surface area contributed by atoms with Gasteiger partial charge in [-0.1, -0.05) is 22.4 Å². The summed E-state index contributed by atoms with van der Waals surface area (Å²) in [6.45, 7) is 0. The van der Waals surface area contributed by atoms with Gasteiger partial charge in [0.25, 0.3) is 0 Å². The summed E-state index contributed by atoms with van der Waals surface area (Å²) in [6.07, 6.45) is 0.00512. The van der Waals surface area contributed by atoms with Crippen molar-refractivity contribution in [2.45, 2.75) is 38.1 Å². The summed E-state index contributed by atoms with van der Waals surface area (Å²) >= 11 is 3.17. The molecule has 20 heavy (non-hydrogen) atoms. The number of fused-ring (bicyclic) bond motifs is 2. The van der Waals surface area contributed by atoms with Gasteiger partial charge in [-0.2, -0.15) is 0 Å². The van der Waals surface area contributed by atoms with E-state index in [-0.39, 0.29) is 11.8 Å². The van der Waals surface area contributed by atoms with E-state index in [9.17, 15) is 13.2 Å². The zero-order valence-electron chi connectivity index (χ0n) is 10.7. The lowest BCUT2D eigenvalue weighted by molar-refractivity contribution is -0.274. The molecule has 2 nitrogen and oxygen atoms in total. The molecule has 0 spiro atoms. The molecule has 3 atom stereocenters. The van der Waals surface area contributed by atoms with Crippen LogP contribution in [0, 0.1) is 11.8 Å². The lowest BCUT2D eigenvalue weighted by Gasteiger charge is -2.25. The molecule has 2 saturated carbocycles. The van der Waals surface area contributed by atoms with Crippen molar-refractivity contribution >= 4 is 21.6 Å². The van der Waals surface area contributed by atoms with E-state index in [1.54, 1.807) is 12.1 Å². The van der Waals surface area contributed by atoms with Gasteiger partial charge in [0.15, 0.2) is 5.75 Å². The molecule has 0 aliphatic heterocycles. The fourth-order valence-corrected chi connectivity index (χ4v) is 3.79. The summed E-state index contributed by atoms with van der Waals surface area (Å²) in [6, 6.07) is 4.98. The van der Waals surface area contributed by atoms with Crippen molar-refractivity contribution in [1.29, 1.82) is 0 Å². The standard InChI is InChI=1S/C14H15BrF3NO/c15-10-3-4-11(13(7-10)20-14(16,17)18)19-12-6-8-1-2-9(12)5-8/h3-4,7-9,12,19H,1-2,5-6H2. The van der Waals surface area contributed by atoms with E-state index in [2.05, 4.69) is 26.0 Å². The summed E-state index contributed by atoms with van der Waals surface area (Å²) in [5, 5.41) is 3.24. The van der Waals surface area contributed by atoms with Crippen molar-refractivity contribution in [2.75, 3.05) is 5.32 Å². The molecule has 2 aliphatic carbocycles. The van der Waals surface area contributed by atoms with Crippen LogP contribution in [0.3, 0.4) is 0 Å². The van der Waals surface area contributed by atoms with Gasteiger partial charge in [0, 0.05) is 10.5 Å². The third-order valence-corrected chi connectivity index (χ3v) is 4.74. The van der Waals surface area contributed by atoms with E-state index in [0.29, 0.717) is 16.1 Å². The number of ether oxygens (including phenoxy) is 1. The van der Waals surface area contributed by atoms with E-state index in [1.807, 2.05) is 0 Å². The highest BCUT2D eigenvalue weighted by atomic mass is 79.9. The Bertz CT molecular complexity index is 506. The minimum absolute atomic E-state index is 0.172. The minimum Gasteiger partial charge on any atom is -0.404 e. The molecule has 0 amide bonds. The highest BCUT2D eigenvalue weighted by Gasteiger charge is 2.40. The second-order valence-electron chi connectivity index (χ2n) is 5.61. The maximum absolute atomic E-state index is 12.5. The maximum Gasteiger partial charge on any atom is 0.573 e. The monoisotopic (exact) mass is 349 g/mol. The molecule has 0 heterocycles. The highest BCUT2D eigenvalue weighted by Crippen LogP contribution is 2.46. The van der Waals surface area contributed by atoms with Gasteiger partial charge in [0.1, 0.15) is 0 Å². The van der Waals surface area contributed by atoms with Crippen LogP contribution >= 0.6 is 15.9 Å². The SMILES string of the molecule is FC(F)(F)Oc1cc(Br)ccc1NC1CC2CCC1C2. The Balaban J connectivity index is 1.78. The van der Waals surface area contributed by atoms with E-state index < -0.39 is 6.36 Å². The van der Waals surface area contributed by atoms with Crippen molar-refractivity contribution in [3.8, 4) is 5.75 Å². The molecule has 1 N–H and O–H groups in total. The average molecular weight is 350 g/mol. The molecule has 0 saturated heterocycles. The van der Waals surface area contributed by atoms with E-state index >= 15 is 0 Å². The largest absolute Gasteiger partial charge is 0.573 e. The fraction of sp³-hybridized carbons (Fsp3) is 0.571. The van der Waals surface area contributed by atoms with Crippen LogP contribution in [-0.4, -0.2) is 12.4 Å². The summed E-state index contributed by atoms with van der Waals surface area (Å²) in [5.41, 5.74) is 0.420. The summed E-state index contributed by atoms with van der Waals surface area (Å²) in [7, 11) is 0. The topological polar surface area (TPSA) is 21.3 Å². The van der Waals surface area contributed by atoms with Gasteiger partial charge < -0.3 is 10.1 Å². The van der Waals surface area contributed by atoms with E-state index in [0.717, 1.165) is 12.3 Å². The molecule has 0 aromatic heterocycles. The van der Waals surface area contributed by atoms with E-state index in [4.69, 9.17) is 0 Å². The van der Waals surface area contributed by atoms with Crippen molar-refractivity contribution in [3.63, 3.8) is 0 Å². The van der Waals surface area contributed by atoms with Gasteiger partial charge in [-0.15, -0.1) is 13.2 Å². The Morgan fingerprint density at radius 1 is 1.20 bits per heavy atom. The van der Waals surface area contributed by atoms with Gasteiger partial charge in [-0.25, -0.2) is 0 Å². The van der Waals surface area contributed by atoms with Crippen LogP contribution in [0.4, 0.5) is 18.9 Å². The highest BCUT2D eigenvalue weighted by molar-refractivity contribution is 9.10. The number of benzene rings is 1. The summed E-state index contributed by atoms with van der Waals surface area (Å²) in [4.78, 5) is 0. The number of anilines is 1. The molecule has 3 unspecified atom stereocenters. The second-order valence-corrected chi connectivity index (χ2v) is 6.53. The van der Waals surface area contributed by atoms with Crippen molar-refractivity contribution < 1.29 is 17.9 Å². The first-order chi connectivity index (χ1) is 9.40. The first-order valence-electron chi connectivity index (χ1n) is 6.72. The second kappa shape index (κ2) is 5.13. The molecule has 0 radical (unpaired) electrons. The molecule has 3 rings (SSSR count). The molecular weight excluding hydrogens is 335 g/mol. The van der Waals surface area contributed by atoms with Gasteiger partial charge in [0.05, 0.1) is 5.69 Å². The van der Waals surface area contributed by atoms with Crippen molar-refractivity contribution in [3.05, 3.63) is 22.7 Å². The molecule has 6 heteroatoms. The third kappa shape index (κ3) is 3.05. The Morgan fingerprint density at radius 2 is 2.00 bits per heavy atom. The van der Waals surface area contributed by atoms with Crippen LogP contribution in [0.5, 0.6) is 5.75 Å². The van der Waals surface area contributed by atoms with Gasteiger partial charge >= 0.3 is 6.36 Å². The number of nitrogens with one attached hydrogen (secondary N) is 1. The fourth-order valence-electron chi connectivity index (χ4n) is 3.45. The Kier molecular flexibility index (Phi) is 3.60. The van der Waals surface area contributed by atoms with Gasteiger partial charge in [-0.05, 0) is 49.3 Å². The third-order valence-electron chi connectivity index (χ3n) is 4.25. The van der Waals surface area contributed by atoms with Crippen LogP contribution in [0.2, 0.25) is 0 Å². The first kappa shape index (κ1) is 14.0. The Hall–Kier alpha value is -0.910. The van der Waals surface area contributed by atoms with Crippen LogP contribution in [-0.2, 0) is 0 Å². The van der Waals surface area contributed by atoms with Gasteiger partial charge in [-0.3, -0.25) is 0 Å². The molecule has 2 aliphatic rings. The predicted molar refractivity (Wildman–Crippen MR) is 73.7 cm³/mol. The summed E-state index contributed by atoms with van der Waals surface area (Å²) in [5.74, 6) is 1.15. The van der Waals surface area contributed by atoms with Crippen molar-refractivity contribution in [1.82, 2.24) is 0 Å². The first-order valence-corrected chi connectivity index (χ1v) is 7.52. The van der Waals surface area contributed by atoms with Crippen LogP contribution in [0.1, 0.15) is 25.7 Å². The average Bonchev–Trinajstić information content (AvgIpc) is 2.92. The normalized spacial score (nSPS) is 28.7. The maximum atomic E-state index is 12.5. The number of halogens is 4. The number of hydrogen-bond donors (Lipinski definition) is 1. The Morgan fingerprint density at radius 3 is 2.60 bits per heavy atom. The van der Waals surface area contributed by atoms with E-state index in [1.165, 1.54) is 25.3 Å². The molecule has 1 aromatic carbocycles. The summed E-state index contributed by atoms with van der Waals surface area (Å²) < 4.78 is 42.0. The quantitative estimate of drug-likeness (QED) is 0.833. The smallest absolute Gasteiger partial charge is 0.404 e. The molecule has 2 fully saturated rings. The van der Waals surface area contributed by atoms with Crippen LogP contribution < -0.4 is 10.1 Å². The number of rotatable bonds is 3. The number of hydrogen-bond acceptors (Lipinski definition) is 2. The zero-order chi connectivity index (χ0) is 14.3. The Labute approximate surface area is 123 Å². The van der Waals surface area contributed by atoms with Crippen molar-refractivity contribution in [2.24, 2.45) is 11.8 Å². The predicted octanol–water partition coefficient (Wildman–Crippen LogP) is 4.95. The number of alkyl halides is 3. The van der Waals surface area contributed by atoms with Crippen LogP contribution in [0.25, 0.3) is 0 Å². The van der Waals surface area contributed by atoms with Crippen LogP contribution in [0.15, 0.2) is 22.7 Å². The lowest BCUT2D eigenvalue weighted by Crippen LogP contribution is -2.27. The molecule has 2 bridgehead atoms. The molecular formula is C14H15BrF3NO. The zero-order valence-corrected chi connectivity index (χ0v) is 12.3. The molecule has 110 valence electrons. The lowest BCUT2D eigenvalue weighted by atomic mass is 9.95. The molecule has 1 aromatic rings. The minimum atomic E-state index is -4.67.